The van der Waals surface area contributed by atoms with Gasteiger partial charge >= 0.3 is 5.97 Å². The third-order valence-electron chi connectivity index (χ3n) is 3.39. The van der Waals surface area contributed by atoms with Gasteiger partial charge < -0.3 is 14.6 Å². The summed E-state index contributed by atoms with van der Waals surface area (Å²) in [4.78, 5) is 28.0. The molecule has 2 rings (SSSR count). The molecule has 2 aromatic rings. The molecule has 0 spiro atoms. The Labute approximate surface area is 155 Å². The summed E-state index contributed by atoms with van der Waals surface area (Å²) in [5, 5.41) is 3.91. The highest BCUT2D eigenvalue weighted by molar-refractivity contribution is 7.99. The van der Waals surface area contributed by atoms with Gasteiger partial charge in [0, 0.05) is 10.8 Å². The maximum Gasteiger partial charge on any atom is 0.325 e. The van der Waals surface area contributed by atoms with Crippen molar-refractivity contribution in [2.24, 2.45) is 0 Å². The number of hydrogen-bond acceptors (Lipinski definition) is 5. The molecule has 25 heavy (non-hydrogen) atoms. The van der Waals surface area contributed by atoms with Crippen molar-refractivity contribution in [1.82, 2.24) is 14.9 Å². The van der Waals surface area contributed by atoms with Crippen LogP contribution in [-0.2, 0) is 16.1 Å². The molecule has 0 saturated heterocycles. The second-order valence-corrected chi connectivity index (χ2v) is 6.68. The zero-order valence-electron chi connectivity index (χ0n) is 14.1. The van der Waals surface area contributed by atoms with E-state index in [-0.39, 0.29) is 12.5 Å². The van der Waals surface area contributed by atoms with E-state index >= 15 is 0 Å². The zero-order valence-corrected chi connectivity index (χ0v) is 15.7. The molecule has 0 atom stereocenters. The summed E-state index contributed by atoms with van der Waals surface area (Å²) >= 11 is 7.83. The molecule has 0 bridgehead atoms. The van der Waals surface area contributed by atoms with Gasteiger partial charge in [0.15, 0.2) is 5.16 Å². The first-order valence-electron chi connectivity index (χ1n) is 7.83. The average molecular weight is 382 g/mol. The van der Waals surface area contributed by atoms with Crippen molar-refractivity contribution in [3.63, 3.8) is 0 Å². The molecule has 6 nitrogen and oxygen atoms in total. The number of imidazole rings is 1. The number of hydrogen-bond donors (Lipinski definition) is 1. The number of esters is 1. The lowest BCUT2D eigenvalue weighted by Crippen LogP contribution is -2.31. The van der Waals surface area contributed by atoms with E-state index in [4.69, 9.17) is 11.6 Å². The molecule has 134 valence electrons. The molecule has 0 fully saturated rings. The Morgan fingerprint density at radius 1 is 1.36 bits per heavy atom. The fraction of sp³-hybridized carbons (Fsp3) is 0.353. The molecule has 1 N–H and O–H groups in total. The van der Waals surface area contributed by atoms with Crippen LogP contribution in [0.4, 0.5) is 0 Å². The van der Waals surface area contributed by atoms with E-state index < -0.39 is 5.97 Å². The number of aromatic nitrogens is 2. The number of rotatable bonds is 8. The van der Waals surface area contributed by atoms with Crippen LogP contribution in [0.5, 0.6) is 0 Å². The monoisotopic (exact) mass is 381 g/mol. The van der Waals surface area contributed by atoms with Crippen molar-refractivity contribution in [2.45, 2.75) is 25.0 Å². The molecular formula is C17H20ClN3O3S. The van der Waals surface area contributed by atoms with Crippen LogP contribution in [0.2, 0.25) is 5.02 Å². The molecule has 0 radical (unpaired) electrons. The van der Waals surface area contributed by atoms with Gasteiger partial charge in [0.25, 0.3) is 5.91 Å². The number of halogens is 1. The number of methoxy groups -OCH3 is 1. The maximum absolute atomic E-state index is 12.4. The standard InChI is InChI=1S/C17H20ClN3O3S/c1-3-8-25-17-20-9-14(16(23)19-10-15(22)24-2)21(17)11-12-6-4-5-7-13(12)18/h4-7,9H,3,8,10-11H2,1-2H3,(H,19,23). The van der Waals surface area contributed by atoms with Crippen molar-refractivity contribution < 1.29 is 14.3 Å². The lowest BCUT2D eigenvalue weighted by molar-refractivity contribution is -0.139. The minimum absolute atomic E-state index is 0.190. The van der Waals surface area contributed by atoms with Crippen molar-refractivity contribution >= 4 is 35.2 Å². The number of thioether (sulfide) groups is 1. The van der Waals surface area contributed by atoms with E-state index in [1.54, 1.807) is 11.8 Å². The summed E-state index contributed by atoms with van der Waals surface area (Å²) < 4.78 is 6.35. The van der Waals surface area contributed by atoms with Crippen LogP contribution < -0.4 is 5.32 Å². The third-order valence-corrected chi connectivity index (χ3v) is 4.96. The van der Waals surface area contributed by atoms with Crippen LogP contribution in [0.3, 0.4) is 0 Å². The second-order valence-electron chi connectivity index (χ2n) is 5.21. The Balaban J connectivity index is 2.27. The number of ether oxygens (including phenoxy) is 1. The molecule has 0 aliphatic carbocycles. The lowest BCUT2D eigenvalue weighted by Gasteiger charge is -2.12. The Bertz CT molecular complexity index is 748. The first-order valence-corrected chi connectivity index (χ1v) is 9.20. The number of amides is 1. The van der Waals surface area contributed by atoms with Gasteiger partial charge in [0.2, 0.25) is 0 Å². The number of nitrogens with one attached hydrogen (secondary N) is 1. The van der Waals surface area contributed by atoms with Crippen LogP contribution in [-0.4, -0.2) is 40.8 Å². The minimum atomic E-state index is -0.508. The van der Waals surface area contributed by atoms with Gasteiger partial charge in [-0.3, -0.25) is 9.59 Å². The van der Waals surface area contributed by atoms with Crippen LogP contribution in [0.25, 0.3) is 0 Å². The Morgan fingerprint density at radius 2 is 2.12 bits per heavy atom. The van der Waals surface area contributed by atoms with Crippen molar-refractivity contribution in [2.75, 3.05) is 19.4 Å². The Morgan fingerprint density at radius 3 is 2.80 bits per heavy atom. The minimum Gasteiger partial charge on any atom is -0.468 e. The van der Waals surface area contributed by atoms with Gasteiger partial charge in [-0.15, -0.1) is 0 Å². The highest BCUT2D eigenvalue weighted by Gasteiger charge is 2.18. The quantitative estimate of drug-likeness (QED) is 0.562. The highest BCUT2D eigenvalue weighted by atomic mass is 35.5. The molecule has 0 unspecified atom stereocenters. The van der Waals surface area contributed by atoms with Crippen LogP contribution in [0.15, 0.2) is 35.6 Å². The van der Waals surface area contributed by atoms with E-state index in [9.17, 15) is 9.59 Å². The van der Waals surface area contributed by atoms with E-state index in [2.05, 4.69) is 22.0 Å². The topological polar surface area (TPSA) is 73.2 Å². The van der Waals surface area contributed by atoms with E-state index in [1.165, 1.54) is 13.3 Å². The molecular weight excluding hydrogens is 362 g/mol. The van der Waals surface area contributed by atoms with Crippen LogP contribution >= 0.6 is 23.4 Å². The van der Waals surface area contributed by atoms with E-state index in [0.717, 1.165) is 22.9 Å². The van der Waals surface area contributed by atoms with Crippen molar-refractivity contribution in [3.05, 3.63) is 46.7 Å². The Hall–Kier alpha value is -1.99. The summed E-state index contributed by atoms with van der Waals surface area (Å²) in [6.45, 7) is 2.31. The first-order chi connectivity index (χ1) is 12.1. The van der Waals surface area contributed by atoms with Gasteiger partial charge in [-0.2, -0.15) is 0 Å². The fourth-order valence-corrected chi connectivity index (χ4v) is 3.14. The number of nitrogens with zero attached hydrogens (tertiary/aromatic N) is 2. The van der Waals surface area contributed by atoms with Gasteiger partial charge in [0.1, 0.15) is 12.2 Å². The molecule has 1 heterocycles. The predicted molar refractivity (Wildman–Crippen MR) is 98.1 cm³/mol. The smallest absolute Gasteiger partial charge is 0.325 e. The average Bonchev–Trinajstić information content (AvgIpc) is 3.02. The number of carbonyl (C=O) groups is 2. The number of benzene rings is 1. The molecule has 1 aromatic carbocycles. The SMILES string of the molecule is CCCSc1ncc(C(=O)NCC(=O)OC)n1Cc1ccccc1Cl. The Kier molecular flexibility index (Phi) is 7.33. The van der Waals surface area contributed by atoms with Crippen molar-refractivity contribution in [1.29, 1.82) is 0 Å². The van der Waals surface area contributed by atoms with E-state index in [1.807, 2.05) is 28.8 Å². The molecule has 0 aliphatic heterocycles. The molecule has 0 saturated carbocycles. The summed E-state index contributed by atoms with van der Waals surface area (Å²) in [5.41, 5.74) is 1.27. The predicted octanol–water partition coefficient (Wildman–Crippen LogP) is 2.99. The van der Waals surface area contributed by atoms with E-state index in [0.29, 0.717) is 17.3 Å². The molecule has 1 aromatic heterocycles. The largest absolute Gasteiger partial charge is 0.468 e. The molecule has 8 heteroatoms. The molecule has 0 aliphatic rings. The lowest BCUT2D eigenvalue weighted by atomic mass is 10.2. The summed E-state index contributed by atoms with van der Waals surface area (Å²) in [6, 6.07) is 7.47. The van der Waals surface area contributed by atoms with Gasteiger partial charge in [-0.1, -0.05) is 48.5 Å². The van der Waals surface area contributed by atoms with Gasteiger partial charge in [-0.25, -0.2) is 4.98 Å². The maximum atomic E-state index is 12.4. The summed E-state index contributed by atoms with van der Waals surface area (Å²) in [7, 11) is 1.27. The van der Waals surface area contributed by atoms with Crippen LogP contribution in [0, 0.1) is 0 Å². The summed E-state index contributed by atoms with van der Waals surface area (Å²) in [5.74, 6) is 0.00218. The summed E-state index contributed by atoms with van der Waals surface area (Å²) in [6.07, 6.45) is 2.51. The second kappa shape index (κ2) is 9.48. The van der Waals surface area contributed by atoms with Crippen LogP contribution in [0.1, 0.15) is 29.4 Å². The van der Waals surface area contributed by atoms with Gasteiger partial charge in [-0.05, 0) is 18.1 Å². The molecule has 1 amide bonds. The highest BCUT2D eigenvalue weighted by Crippen LogP contribution is 2.23. The normalized spacial score (nSPS) is 10.5. The van der Waals surface area contributed by atoms with Crippen molar-refractivity contribution in [3.8, 4) is 0 Å². The first kappa shape index (κ1) is 19.3. The van der Waals surface area contributed by atoms with Gasteiger partial charge in [0.05, 0.1) is 19.9 Å². The number of carbonyl (C=O) groups excluding carboxylic acids is 2. The third kappa shape index (κ3) is 5.24. The zero-order chi connectivity index (χ0) is 18.2. The fourth-order valence-electron chi connectivity index (χ4n) is 2.11.